The molecular formula is C8H8N2O5S. The predicted octanol–water partition coefficient (Wildman–Crippen LogP) is -0.416. The second-order valence-electron chi connectivity index (χ2n) is 3.24. The molecule has 0 saturated heterocycles. The van der Waals surface area contributed by atoms with Gasteiger partial charge in [-0.3, -0.25) is 9.35 Å². The lowest BCUT2D eigenvalue weighted by Crippen LogP contribution is -2.57. The SMILES string of the molecule is O=C1Nc2ccccc2NC1(O)S(=O)(=O)O. The van der Waals surface area contributed by atoms with Crippen LogP contribution in [0.2, 0.25) is 0 Å². The smallest absolute Gasteiger partial charge is 0.347 e. The number of amides is 1. The summed E-state index contributed by atoms with van der Waals surface area (Å²) >= 11 is 0. The summed E-state index contributed by atoms with van der Waals surface area (Å²) in [7, 11) is -4.98. The Morgan fingerprint density at radius 1 is 1.19 bits per heavy atom. The number of hydrogen-bond acceptors (Lipinski definition) is 5. The van der Waals surface area contributed by atoms with Crippen LogP contribution in [-0.4, -0.2) is 29.0 Å². The van der Waals surface area contributed by atoms with Crippen LogP contribution in [0, 0.1) is 0 Å². The van der Waals surface area contributed by atoms with E-state index in [2.05, 4.69) is 10.6 Å². The quantitative estimate of drug-likeness (QED) is 0.499. The highest BCUT2D eigenvalue weighted by Crippen LogP contribution is 2.31. The zero-order chi connectivity index (χ0) is 12.0. The van der Waals surface area contributed by atoms with Crippen molar-refractivity contribution in [3.05, 3.63) is 24.3 Å². The zero-order valence-corrected chi connectivity index (χ0v) is 8.65. The fourth-order valence-corrected chi connectivity index (χ4v) is 1.85. The van der Waals surface area contributed by atoms with Gasteiger partial charge in [-0.15, -0.1) is 0 Å². The van der Waals surface area contributed by atoms with Gasteiger partial charge in [-0.05, 0) is 12.1 Å². The standard InChI is InChI=1S/C8H8N2O5S/c11-7-8(12,16(13,14)15)10-6-4-2-1-3-5(6)9-7/h1-4,10,12H,(H,9,11)(H,13,14,15). The molecule has 2 rings (SSSR count). The zero-order valence-electron chi connectivity index (χ0n) is 7.84. The molecule has 1 aromatic rings. The molecule has 1 aromatic carbocycles. The molecule has 1 amide bonds. The van der Waals surface area contributed by atoms with E-state index in [4.69, 9.17) is 4.55 Å². The number of nitrogens with one attached hydrogen (secondary N) is 2. The van der Waals surface area contributed by atoms with Crippen LogP contribution >= 0.6 is 0 Å². The lowest BCUT2D eigenvalue weighted by molar-refractivity contribution is -0.125. The summed E-state index contributed by atoms with van der Waals surface area (Å²) in [5.41, 5.74) is 0.517. The lowest BCUT2D eigenvalue weighted by atomic mass is 10.2. The topological polar surface area (TPSA) is 116 Å². The minimum Gasteiger partial charge on any atom is -0.349 e. The van der Waals surface area contributed by atoms with Crippen LogP contribution in [0.3, 0.4) is 0 Å². The number of rotatable bonds is 1. The first kappa shape index (κ1) is 10.9. The molecule has 8 heteroatoms. The molecule has 16 heavy (non-hydrogen) atoms. The Balaban J connectivity index is 2.54. The minimum atomic E-state index is -4.98. The van der Waals surface area contributed by atoms with Crippen molar-refractivity contribution in [1.29, 1.82) is 0 Å². The first-order valence-electron chi connectivity index (χ1n) is 4.23. The van der Waals surface area contributed by atoms with E-state index >= 15 is 0 Å². The maximum absolute atomic E-state index is 11.4. The number of aliphatic hydroxyl groups is 1. The maximum atomic E-state index is 11.4. The van der Waals surface area contributed by atoms with Crippen LogP contribution < -0.4 is 10.6 Å². The van der Waals surface area contributed by atoms with Gasteiger partial charge in [0.25, 0.3) is 5.91 Å². The first-order chi connectivity index (χ1) is 7.34. The third-order valence-electron chi connectivity index (χ3n) is 2.16. The summed E-state index contributed by atoms with van der Waals surface area (Å²) in [6.07, 6.45) is 0. The number of fused-ring (bicyclic) bond motifs is 1. The lowest BCUT2D eigenvalue weighted by Gasteiger charge is -2.31. The van der Waals surface area contributed by atoms with E-state index < -0.39 is 21.1 Å². The highest BCUT2D eigenvalue weighted by molar-refractivity contribution is 7.88. The molecule has 1 atom stereocenters. The van der Waals surface area contributed by atoms with Gasteiger partial charge < -0.3 is 15.7 Å². The van der Waals surface area contributed by atoms with Crippen LogP contribution in [0.25, 0.3) is 0 Å². The summed E-state index contributed by atoms with van der Waals surface area (Å²) in [4.78, 5) is 11.4. The van der Waals surface area contributed by atoms with Gasteiger partial charge in [0.2, 0.25) is 0 Å². The van der Waals surface area contributed by atoms with Gasteiger partial charge in [0.15, 0.2) is 0 Å². The van der Waals surface area contributed by atoms with E-state index in [0.29, 0.717) is 5.69 Å². The molecule has 0 bridgehead atoms. The Bertz CT molecular complexity index is 555. The molecular weight excluding hydrogens is 236 g/mol. The summed E-state index contributed by atoms with van der Waals surface area (Å²) < 4.78 is 30.6. The molecule has 0 aromatic heterocycles. The molecule has 0 aliphatic carbocycles. The Labute approximate surface area is 90.8 Å². The molecule has 0 spiro atoms. The van der Waals surface area contributed by atoms with E-state index in [1.165, 1.54) is 12.1 Å². The van der Waals surface area contributed by atoms with Crippen molar-refractivity contribution in [2.75, 3.05) is 10.6 Å². The molecule has 1 aliphatic rings. The summed E-state index contributed by atoms with van der Waals surface area (Å²) in [6.45, 7) is 0. The predicted molar refractivity (Wildman–Crippen MR) is 55.2 cm³/mol. The van der Waals surface area contributed by atoms with Crippen molar-refractivity contribution in [3.8, 4) is 0 Å². The third kappa shape index (κ3) is 1.43. The van der Waals surface area contributed by atoms with Crippen molar-refractivity contribution in [1.82, 2.24) is 0 Å². The van der Waals surface area contributed by atoms with Crippen molar-refractivity contribution in [3.63, 3.8) is 0 Å². The van der Waals surface area contributed by atoms with Gasteiger partial charge >= 0.3 is 15.2 Å². The molecule has 0 fully saturated rings. The molecule has 86 valence electrons. The van der Waals surface area contributed by atoms with Crippen molar-refractivity contribution >= 4 is 27.4 Å². The summed E-state index contributed by atoms with van der Waals surface area (Å²) in [5, 5.41) is 10.7. The number of carbonyl (C=O) groups is 1. The fourth-order valence-electron chi connectivity index (χ4n) is 1.33. The van der Waals surface area contributed by atoms with E-state index in [0.717, 1.165) is 0 Å². The average molecular weight is 244 g/mol. The third-order valence-corrected chi connectivity index (χ3v) is 3.19. The molecule has 7 nitrogen and oxygen atoms in total. The van der Waals surface area contributed by atoms with Crippen LogP contribution in [0.5, 0.6) is 0 Å². The van der Waals surface area contributed by atoms with E-state index in [1.807, 2.05) is 0 Å². The van der Waals surface area contributed by atoms with E-state index in [1.54, 1.807) is 12.1 Å². The molecule has 0 saturated carbocycles. The normalized spacial score (nSPS) is 24.2. The number of anilines is 2. The molecule has 4 N–H and O–H groups in total. The maximum Gasteiger partial charge on any atom is 0.347 e. The second-order valence-corrected chi connectivity index (χ2v) is 4.78. The monoisotopic (exact) mass is 244 g/mol. The number of hydrogen-bond donors (Lipinski definition) is 4. The minimum absolute atomic E-state index is 0.197. The Morgan fingerprint density at radius 3 is 2.31 bits per heavy atom. The average Bonchev–Trinajstić information content (AvgIpc) is 2.18. The van der Waals surface area contributed by atoms with E-state index in [9.17, 15) is 18.3 Å². The van der Waals surface area contributed by atoms with Gasteiger partial charge in [-0.2, -0.15) is 8.42 Å². The van der Waals surface area contributed by atoms with Gasteiger partial charge in [0.1, 0.15) is 0 Å². The van der Waals surface area contributed by atoms with E-state index in [-0.39, 0.29) is 5.69 Å². The summed E-state index contributed by atoms with van der Waals surface area (Å²) in [5.74, 6) is -1.26. The van der Waals surface area contributed by atoms with Gasteiger partial charge in [-0.1, -0.05) is 12.1 Å². The van der Waals surface area contributed by atoms with Crippen LogP contribution in [0.4, 0.5) is 11.4 Å². The number of benzene rings is 1. The van der Waals surface area contributed by atoms with Gasteiger partial charge in [0.05, 0.1) is 11.4 Å². The fraction of sp³-hybridized carbons (Fsp3) is 0.125. The highest BCUT2D eigenvalue weighted by Gasteiger charge is 2.51. The van der Waals surface area contributed by atoms with Crippen LogP contribution in [0.1, 0.15) is 0 Å². The Morgan fingerprint density at radius 2 is 1.75 bits per heavy atom. The molecule has 1 heterocycles. The van der Waals surface area contributed by atoms with Crippen molar-refractivity contribution < 1.29 is 22.9 Å². The first-order valence-corrected chi connectivity index (χ1v) is 5.67. The Kier molecular flexibility index (Phi) is 2.15. The number of para-hydroxylation sites is 2. The highest BCUT2D eigenvalue weighted by atomic mass is 32.2. The van der Waals surface area contributed by atoms with Crippen LogP contribution in [0.15, 0.2) is 24.3 Å². The van der Waals surface area contributed by atoms with Gasteiger partial charge in [0, 0.05) is 0 Å². The number of carbonyl (C=O) groups excluding carboxylic acids is 1. The molecule has 1 unspecified atom stereocenters. The van der Waals surface area contributed by atoms with Gasteiger partial charge in [-0.25, -0.2) is 0 Å². The van der Waals surface area contributed by atoms with Crippen molar-refractivity contribution in [2.45, 2.75) is 5.06 Å². The Hall–Kier alpha value is -1.64. The largest absolute Gasteiger partial charge is 0.349 e. The van der Waals surface area contributed by atoms with Crippen molar-refractivity contribution in [2.24, 2.45) is 0 Å². The summed E-state index contributed by atoms with van der Waals surface area (Å²) in [6, 6.07) is 6.17. The molecule has 1 aliphatic heterocycles. The second kappa shape index (κ2) is 3.17. The molecule has 0 radical (unpaired) electrons. The van der Waals surface area contributed by atoms with Crippen LogP contribution in [-0.2, 0) is 14.9 Å².